The lowest BCUT2D eigenvalue weighted by atomic mass is 10.2. The smallest absolute Gasteiger partial charge is 0.338 e. The number of hydrogen-bond acceptors (Lipinski definition) is 3. The molecule has 0 heterocycles. The molecule has 0 saturated heterocycles. The molecule has 0 radical (unpaired) electrons. The molecule has 0 atom stereocenters. The molecule has 0 aromatic heterocycles. The van der Waals surface area contributed by atoms with E-state index in [1.807, 2.05) is 0 Å². The first-order valence-electron chi connectivity index (χ1n) is 3.14. The average molecular weight is 170 g/mol. The topological polar surface area (TPSA) is 75.3 Å². The maximum atomic E-state index is 12.7. The molecule has 0 fully saturated rings. The Bertz CT molecular complexity index is 314. The van der Waals surface area contributed by atoms with Crippen LogP contribution in [-0.4, -0.2) is 11.1 Å². The highest BCUT2D eigenvalue weighted by molar-refractivity contribution is 5.89. The molecule has 4 N–H and O–H groups in total. The van der Waals surface area contributed by atoms with Gasteiger partial charge in [-0.25, -0.2) is 9.18 Å². The number of halogens is 1. The van der Waals surface area contributed by atoms with Crippen LogP contribution in [0.15, 0.2) is 18.2 Å². The van der Waals surface area contributed by atoms with Gasteiger partial charge in [0.2, 0.25) is 0 Å². The Kier molecular flexibility index (Phi) is 2.25. The Hall–Kier alpha value is -1.62. The third-order valence-corrected chi connectivity index (χ3v) is 1.36. The second-order valence-electron chi connectivity index (χ2n) is 2.14. The summed E-state index contributed by atoms with van der Waals surface area (Å²) in [6.45, 7) is 0. The van der Waals surface area contributed by atoms with Crippen molar-refractivity contribution in [1.29, 1.82) is 0 Å². The largest absolute Gasteiger partial charge is 0.478 e. The van der Waals surface area contributed by atoms with Crippen molar-refractivity contribution in [3.63, 3.8) is 0 Å². The van der Waals surface area contributed by atoms with Gasteiger partial charge in [0, 0.05) is 5.69 Å². The summed E-state index contributed by atoms with van der Waals surface area (Å²) in [6.07, 6.45) is 0. The Morgan fingerprint density at radius 2 is 2.25 bits per heavy atom. The van der Waals surface area contributed by atoms with Crippen molar-refractivity contribution in [1.82, 2.24) is 0 Å². The molecule has 0 amide bonds. The van der Waals surface area contributed by atoms with Crippen molar-refractivity contribution >= 4 is 11.7 Å². The zero-order chi connectivity index (χ0) is 9.14. The summed E-state index contributed by atoms with van der Waals surface area (Å²) >= 11 is 0. The van der Waals surface area contributed by atoms with E-state index < -0.39 is 17.3 Å². The van der Waals surface area contributed by atoms with Gasteiger partial charge in [-0.3, -0.25) is 5.84 Å². The fourth-order valence-electron chi connectivity index (χ4n) is 0.779. The summed E-state index contributed by atoms with van der Waals surface area (Å²) in [6, 6.07) is 3.51. The number of nitrogens with one attached hydrogen (secondary N) is 1. The van der Waals surface area contributed by atoms with E-state index in [2.05, 4.69) is 5.43 Å². The van der Waals surface area contributed by atoms with Crippen molar-refractivity contribution in [3.8, 4) is 0 Å². The highest BCUT2D eigenvalue weighted by atomic mass is 19.1. The molecule has 12 heavy (non-hydrogen) atoms. The van der Waals surface area contributed by atoms with Crippen molar-refractivity contribution in [3.05, 3.63) is 29.6 Å². The minimum atomic E-state index is -1.32. The highest BCUT2D eigenvalue weighted by Gasteiger charge is 2.09. The van der Waals surface area contributed by atoms with E-state index in [0.717, 1.165) is 12.1 Å². The number of anilines is 1. The van der Waals surface area contributed by atoms with E-state index in [0.29, 0.717) is 5.69 Å². The van der Waals surface area contributed by atoms with Gasteiger partial charge in [0.05, 0.1) is 5.56 Å². The van der Waals surface area contributed by atoms with E-state index >= 15 is 0 Å². The lowest BCUT2D eigenvalue weighted by Gasteiger charge is -2.01. The van der Waals surface area contributed by atoms with Crippen LogP contribution in [-0.2, 0) is 0 Å². The Morgan fingerprint density at radius 1 is 1.58 bits per heavy atom. The van der Waals surface area contributed by atoms with Gasteiger partial charge in [-0.15, -0.1) is 0 Å². The predicted molar refractivity (Wildman–Crippen MR) is 41.2 cm³/mol. The molecule has 0 aliphatic heterocycles. The molecule has 5 heteroatoms. The van der Waals surface area contributed by atoms with Crippen LogP contribution in [0.4, 0.5) is 10.1 Å². The Balaban J connectivity index is 3.17. The monoisotopic (exact) mass is 170 g/mol. The molecule has 0 spiro atoms. The maximum Gasteiger partial charge on any atom is 0.338 e. The maximum absolute atomic E-state index is 12.7. The van der Waals surface area contributed by atoms with Crippen molar-refractivity contribution in [2.75, 3.05) is 5.43 Å². The fraction of sp³-hybridized carbons (Fsp3) is 0. The normalized spacial score (nSPS) is 9.50. The zero-order valence-corrected chi connectivity index (χ0v) is 6.04. The molecule has 64 valence electrons. The minimum Gasteiger partial charge on any atom is -0.478 e. The fourth-order valence-corrected chi connectivity index (χ4v) is 0.779. The van der Waals surface area contributed by atoms with Crippen LogP contribution in [0.2, 0.25) is 0 Å². The summed E-state index contributed by atoms with van der Waals surface area (Å²) in [7, 11) is 0. The molecule has 4 nitrogen and oxygen atoms in total. The number of carboxylic acids is 1. The molecule has 0 saturated carbocycles. The molecule has 1 aromatic carbocycles. The minimum absolute atomic E-state index is 0.355. The number of hydrogen-bond donors (Lipinski definition) is 3. The lowest BCUT2D eigenvalue weighted by molar-refractivity contribution is 0.0692. The van der Waals surface area contributed by atoms with Crippen LogP contribution in [0.1, 0.15) is 10.4 Å². The van der Waals surface area contributed by atoms with Gasteiger partial charge in [-0.05, 0) is 18.2 Å². The molecule has 0 aliphatic rings. The van der Waals surface area contributed by atoms with Gasteiger partial charge in [-0.1, -0.05) is 0 Å². The summed E-state index contributed by atoms with van der Waals surface area (Å²) < 4.78 is 12.7. The number of nitrogens with two attached hydrogens (primary N) is 1. The van der Waals surface area contributed by atoms with Crippen molar-refractivity contribution < 1.29 is 14.3 Å². The van der Waals surface area contributed by atoms with Crippen LogP contribution in [0.3, 0.4) is 0 Å². The molecule has 1 aromatic rings. The van der Waals surface area contributed by atoms with Crippen LogP contribution in [0.25, 0.3) is 0 Å². The molecule has 0 aliphatic carbocycles. The second kappa shape index (κ2) is 3.19. The number of carboxylic acid groups (broad SMARTS) is 1. The quantitative estimate of drug-likeness (QED) is 0.453. The molecule has 0 bridgehead atoms. The number of aromatic carboxylic acids is 1. The third-order valence-electron chi connectivity index (χ3n) is 1.36. The first-order chi connectivity index (χ1) is 5.65. The number of benzene rings is 1. The van der Waals surface area contributed by atoms with Crippen LogP contribution in [0, 0.1) is 5.82 Å². The standard InChI is InChI=1S/C7H7FN2O2/c8-6-2-1-4(10-9)3-5(6)7(11)12/h1-3,10H,9H2,(H,11,12). The second-order valence-corrected chi connectivity index (χ2v) is 2.14. The Morgan fingerprint density at radius 3 is 2.75 bits per heavy atom. The summed E-state index contributed by atoms with van der Waals surface area (Å²) in [5.74, 6) is 2.91. The molecule has 0 unspecified atom stereocenters. The van der Waals surface area contributed by atoms with Gasteiger partial charge < -0.3 is 10.5 Å². The first kappa shape index (κ1) is 8.48. The van der Waals surface area contributed by atoms with E-state index in [-0.39, 0.29) is 0 Å². The van der Waals surface area contributed by atoms with Gasteiger partial charge >= 0.3 is 5.97 Å². The van der Waals surface area contributed by atoms with Crippen LogP contribution >= 0.6 is 0 Å². The van der Waals surface area contributed by atoms with E-state index in [1.54, 1.807) is 0 Å². The number of carbonyl (C=O) groups is 1. The summed E-state index contributed by atoms with van der Waals surface area (Å²) in [5, 5.41) is 8.48. The van der Waals surface area contributed by atoms with Gasteiger partial charge in [0.1, 0.15) is 5.82 Å². The average Bonchev–Trinajstić information content (AvgIpc) is 2.05. The van der Waals surface area contributed by atoms with Crippen molar-refractivity contribution in [2.45, 2.75) is 0 Å². The van der Waals surface area contributed by atoms with Crippen LogP contribution in [0.5, 0.6) is 0 Å². The van der Waals surface area contributed by atoms with Crippen LogP contribution < -0.4 is 11.3 Å². The molecule has 1 rings (SSSR count). The van der Waals surface area contributed by atoms with Gasteiger partial charge in [-0.2, -0.15) is 0 Å². The molecular weight excluding hydrogens is 163 g/mol. The van der Waals surface area contributed by atoms with Gasteiger partial charge in [0.15, 0.2) is 0 Å². The van der Waals surface area contributed by atoms with E-state index in [1.165, 1.54) is 6.07 Å². The van der Waals surface area contributed by atoms with E-state index in [9.17, 15) is 9.18 Å². The lowest BCUT2D eigenvalue weighted by Crippen LogP contribution is -2.08. The number of hydrazine groups is 1. The van der Waals surface area contributed by atoms with E-state index in [4.69, 9.17) is 10.9 Å². The van der Waals surface area contributed by atoms with Gasteiger partial charge in [0.25, 0.3) is 0 Å². The summed E-state index contributed by atoms with van der Waals surface area (Å²) in [4.78, 5) is 10.4. The SMILES string of the molecule is NNc1ccc(F)c(C(=O)O)c1. The number of rotatable bonds is 2. The Labute approximate surface area is 67.8 Å². The first-order valence-corrected chi connectivity index (χ1v) is 3.14. The summed E-state index contributed by atoms with van der Waals surface area (Å²) in [5.41, 5.74) is 2.18. The number of nitrogen functional groups attached to an aromatic ring is 1. The predicted octanol–water partition coefficient (Wildman–Crippen LogP) is 0.810. The third kappa shape index (κ3) is 1.51. The van der Waals surface area contributed by atoms with Crippen molar-refractivity contribution in [2.24, 2.45) is 5.84 Å². The highest BCUT2D eigenvalue weighted by Crippen LogP contribution is 2.13. The molecular formula is C7H7FN2O2. The zero-order valence-electron chi connectivity index (χ0n) is 6.04.